The molecule has 750 valence electrons. The predicted molar refractivity (Wildman–Crippen MR) is 537 cm³/mol. The number of halogens is 2. The van der Waals surface area contributed by atoms with E-state index in [-0.39, 0.29) is 77.0 Å². The highest BCUT2D eigenvalue weighted by molar-refractivity contribution is 6.40. The van der Waals surface area contributed by atoms with Crippen molar-refractivity contribution in [2.24, 2.45) is 63.9 Å². The van der Waals surface area contributed by atoms with Gasteiger partial charge in [-0.15, -0.1) is 0 Å². The molecule has 7 heterocycles. The molecule has 0 aliphatic rings. The number of nitriles is 1. The normalized spacial score (nSPS) is 11.6. The number of H-pyrrole nitrogens is 1. The summed E-state index contributed by atoms with van der Waals surface area (Å²) < 4.78 is 35.1. The van der Waals surface area contributed by atoms with Crippen LogP contribution in [0.5, 0.6) is 0 Å². The number of nitrogens with one attached hydrogen (secondary N) is 6. The first kappa shape index (κ1) is 107. The molecule has 0 radical (unpaired) electrons. The fraction of sp³-hybridized carbons (Fsp3) is 0.150. The van der Waals surface area contributed by atoms with Crippen molar-refractivity contribution in [3.8, 4) is 51.2 Å². The standard InChI is InChI=1S/C22H20N6O3.C22H22N4O3.2C21H19FN4O3.C21H18N6O3/c1-28-12-15(19(27-28)18-14-9-5-6-10-16(14)25-26-18)22(31)24-17(20(29)21(23)30)11-13-7-3-2-4-8-13;1-26-14-17(18(25-26)12-15-8-4-2-5-9-15)22(29)24-19(20(27)21(23)28)13-16-10-6-3-7-11-16;1-26-12-15(18(25-26)14-9-5-6-10-16(14)22)21(29)24-17(19(27)20(23)28)11-13-7-3-2-4-8-13;1-26-12-16(18(25-26)14-8-5-9-15(22)11-14)21(29)24-17(19(27)20(23)28)10-13-6-3-2-4-7-13;1-27-12-16(18(26-27)14-7-8-15(10-22)24-11-14)21(30)25-17(19(28)20(23)29)9-13-5-3-2-4-6-13/h2-10,12,17H,11H2,1H3,(H2,23,30)(H,24,31)(H,25,26);2-11,14,19H,12-13H2,1H3,(H2,23,28)(H,24,29);2-10,12,17H,11H2,1H3,(H2,23,28)(H,24,29);2-9,11-12,17H,10H2,1H3,(H2,23,28)(H,24,29);2-8,11-12,17H,9H2,1H3,(H2,23,29)(H,25,30). The second kappa shape index (κ2) is 50.4. The van der Waals surface area contributed by atoms with Crippen molar-refractivity contribution in [3.63, 3.8) is 0 Å². The average molecular weight is 2000 g/mol. The lowest BCUT2D eigenvalue weighted by molar-refractivity contribution is -0.137. The number of aromatic amines is 1. The van der Waals surface area contributed by atoms with E-state index in [1.807, 2.05) is 127 Å². The molecule has 0 spiro atoms. The lowest BCUT2D eigenvalue weighted by atomic mass is 10.0. The van der Waals surface area contributed by atoms with E-state index in [0.29, 0.717) is 45.9 Å². The molecule has 7 aromatic heterocycles. The molecule has 5 atom stereocenters. The number of aromatic nitrogens is 13. The van der Waals surface area contributed by atoms with E-state index in [1.54, 1.807) is 155 Å². The molecule has 10 amide bonds. The molecule has 16 N–H and O–H groups in total. The van der Waals surface area contributed by atoms with Gasteiger partial charge in [0.25, 0.3) is 59.1 Å². The Morgan fingerprint density at radius 3 is 1.00 bits per heavy atom. The molecular formula is C107H98F2N24O15. The van der Waals surface area contributed by atoms with Crippen LogP contribution in [0.4, 0.5) is 8.78 Å². The van der Waals surface area contributed by atoms with Gasteiger partial charge in [-0.25, -0.2) is 13.8 Å². The minimum absolute atomic E-state index is 0.0768. The van der Waals surface area contributed by atoms with Gasteiger partial charge in [-0.2, -0.15) is 35.9 Å². The number of carbonyl (C=O) groups excluding carboxylic acids is 15. The van der Waals surface area contributed by atoms with Gasteiger partial charge in [0.05, 0.1) is 39.0 Å². The Morgan fingerprint density at radius 2 is 0.642 bits per heavy atom. The van der Waals surface area contributed by atoms with Crippen LogP contribution in [0.2, 0.25) is 0 Å². The summed E-state index contributed by atoms with van der Waals surface area (Å²) in [6, 6.07) is 73.2. The zero-order valence-electron chi connectivity index (χ0n) is 80.1. The highest BCUT2D eigenvalue weighted by Gasteiger charge is 2.35. The van der Waals surface area contributed by atoms with Crippen molar-refractivity contribution in [2.75, 3.05) is 0 Å². The molecule has 148 heavy (non-hydrogen) atoms. The molecule has 0 fully saturated rings. The fourth-order valence-corrected chi connectivity index (χ4v) is 15.4. The number of primary amides is 5. The van der Waals surface area contributed by atoms with Gasteiger partial charge in [0.15, 0.2) is 0 Å². The lowest BCUT2D eigenvalue weighted by Gasteiger charge is -2.16. The highest BCUT2D eigenvalue weighted by atomic mass is 19.1. The van der Waals surface area contributed by atoms with E-state index < -0.39 is 130 Å². The topological polar surface area (TPSA) is 601 Å². The summed E-state index contributed by atoms with van der Waals surface area (Å²) in [5.74, 6) is -13.9. The first-order valence-corrected chi connectivity index (χ1v) is 45.4. The number of aryl methyl sites for hydroxylation is 5. The fourth-order valence-electron chi connectivity index (χ4n) is 15.4. The summed E-state index contributed by atoms with van der Waals surface area (Å²) in [6.45, 7) is 0. The largest absolute Gasteiger partial charge is 0.363 e. The van der Waals surface area contributed by atoms with Crippen LogP contribution in [0.15, 0.2) is 304 Å². The zero-order valence-corrected chi connectivity index (χ0v) is 80.1. The number of hydrogen-bond acceptors (Lipinski definition) is 23. The number of ketones is 5. The van der Waals surface area contributed by atoms with E-state index in [0.717, 1.165) is 44.3 Å². The second-order valence-corrected chi connectivity index (χ2v) is 33.5. The van der Waals surface area contributed by atoms with Crippen LogP contribution >= 0.6 is 0 Å². The summed E-state index contributed by atoms with van der Waals surface area (Å²) in [7, 11) is 8.27. The van der Waals surface area contributed by atoms with E-state index in [2.05, 4.69) is 67.3 Å². The van der Waals surface area contributed by atoms with Crippen molar-refractivity contribution in [2.45, 2.75) is 68.7 Å². The number of benzene rings is 9. The van der Waals surface area contributed by atoms with Crippen LogP contribution in [-0.4, -0.2) is 182 Å². The van der Waals surface area contributed by atoms with Crippen LogP contribution in [-0.2, 0) is 122 Å². The van der Waals surface area contributed by atoms with Crippen LogP contribution in [0.25, 0.3) is 56.1 Å². The Hall–Kier alpha value is -19.9. The number of nitrogens with two attached hydrogens (primary N) is 5. The van der Waals surface area contributed by atoms with Gasteiger partial charge in [-0.3, -0.25) is 100 Å². The maximum Gasteiger partial charge on any atom is 0.287 e. The van der Waals surface area contributed by atoms with Crippen LogP contribution < -0.4 is 55.3 Å². The van der Waals surface area contributed by atoms with E-state index in [1.165, 1.54) is 86.0 Å². The molecule has 41 heteroatoms. The summed E-state index contributed by atoms with van der Waals surface area (Å²) in [4.78, 5) is 188. The molecule has 16 rings (SSSR count). The number of nitrogens with zero attached hydrogens (tertiary/aromatic N) is 13. The van der Waals surface area contributed by atoms with Gasteiger partial charge in [0, 0.05) is 133 Å². The van der Waals surface area contributed by atoms with Gasteiger partial charge >= 0.3 is 0 Å². The minimum Gasteiger partial charge on any atom is -0.363 e. The molecule has 0 aliphatic heterocycles. The summed E-state index contributed by atoms with van der Waals surface area (Å²) in [5.41, 5.74) is 36.0. The highest BCUT2D eigenvalue weighted by Crippen LogP contribution is 2.31. The number of para-hydroxylation sites is 1. The molecular weight excluding hydrogens is 1900 g/mol. The van der Waals surface area contributed by atoms with Crippen molar-refractivity contribution in [1.29, 1.82) is 5.26 Å². The first-order valence-electron chi connectivity index (χ1n) is 45.4. The molecule has 5 unspecified atom stereocenters. The molecule has 9 aromatic carbocycles. The average Bonchev–Trinajstić information content (AvgIpc) is 1.63. The quantitative estimate of drug-likeness (QED) is 0.0181. The van der Waals surface area contributed by atoms with Gasteiger partial charge in [0.2, 0.25) is 28.9 Å². The SMILES string of the molecule is Cn1cc(C(=O)NC(Cc2ccccc2)C(=O)C(N)=O)c(-c2ccc(C#N)nc2)n1.Cn1cc(C(=O)NC(Cc2ccccc2)C(=O)C(N)=O)c(-c2cccc(F)c2)n1.Cn1cc(C(=O)NC(Cc2ccccc2)C(=O)C(N)=O)c(-c2ccccc2F)n1.Cn1cc(C(=O)NC(Cc2ccccc2)C(=O)C(N)=O)c(-c2n[nH]c3ccccc23)n1.Cn1cc(C(=O)NC(Cc2ccccc2)C(=O)C(N)=O)c(Cc2ccccc2)n1. The van der Waals surface area contributed by atoms with Crippen molar-refractivity contribution in [3.05, 3.63) is 388 Å². The third-order valence-electron chi connectivity index (χ3n) is 22.5. The third-order valence-corrected chi connectivity index (χ3v) is 22.5. The van der Waals surface area contributed by atoms with Gasteiger partial charge in [-0.1, -0.05) is 224 Å². The van der Waals surface area contributed by atoms with Gasteiger partial charge < -0.3 is 55.3 Å². The van der Waals surface area contributed by atoms with Crippen molar-refractivity contribution < 1.29 is 80.7 Å². The number of hydrogen-bond donors (Lipinski definition) is 11. The molecule has 0 saturated carbocycles. The summed E-state index contributed by atoms with van der Waals surface area (Å²) in [6.07, 6.45) is 10.0. The van der Waals surface area contributed by atoms with E-state index in [4.69, 9.17) is 33.9 Å². The predicted octanol–water partition coefficient (Wildman–Crippen LogP) is 6.76. The van der Waals surface area contributed by atoms with Gasteiger partial charge in [0.1, 0.15) is 82.1 Å². The van der Waals surface area contributed by atoms with E-state index >= 15 is 0 Å². The molecule has 0 aliphatic carbocycles. The monoisotopic (exact) mass is 2000 g/mol. The Morgan fingerprint density at radius 1 is 0.331 bits per heavy atom. The van der Waals surface area contributed by atoms with Crippen LogP contribution in [0, 0.1) is 23.0 Å². The molecule has 16 aromatic rings. The van der Waals surface area contributed by atoms with Gasteiger partial charge in [-0.05, 0) is 75.8 Å². The maximum atomic E-state index is 14.2. The number of Topliss-reactive ketones (excluding diaryl/α,β-unsaturated/α-hetero) is 5. The van der Waals surface area contributed by atoms with Crippen molar-refractivity contribution in [1.82, 2.24) is 90.7 Å². The molecule has 0 bridgehead atoms. The maximum absolute atomic E-state index is 14.2. The Bertz CT molecular complexity index is 7620. The second-order valence-electron chi connectivity index (χ2n) is 33.5. The van der Waals surface area contributed by atoms with Crippen molar-refractivity contribution >= 4 is 98.9 Å². The smallest absolute Gasteiger partial charge is 0.287 e. The summed E-state index contributed by atoms with van der Waals surface area (Å²) >= 11 is 0. The molecule has 0 saturated heterocycles. The first-order chi connectivity index (χ1) is 71.0. The minimum atomic E-state index is -1.16. The number of rotatable bonds is 36. The summed E-state index contributed by atoms with van der Waals surface area (Å²) in [5, 5.41) is 51.4. The number of carbonyl (C=O) groups is 15. The van der Waals surface area contributed by atoms with E-state index in [9.17, 15) is 80.7 Å². The van der Waals surface area contributed by atoms with Crippen LogP contribution in [0.1, 0.15) is 96.6 Å². The number of amides is 10. The zero-order chi connectivity index (χ0) is 106. The Kier molecular flexibility index (Phi) is 36.4. The Balaban J connectivity index is 0.000000164. The Labute approximate surface area is 843 Å². The molecule has 39 nitrogen and oxygen atoms in total. The number of pyridine rings is 1. The lowest BCUT2D eigenvalue weighted by Crippen LogP contribution is -2.47. The third kappa shape index (κ3) is 28.9. The number of fused-ring (bicyclic) bond motifs is 1. The van der Waals surface area contributed by atoms with Crippen LogP contribution in [0.3, 0.4) is 0 Å².